The summed E-state index contributed by atoms with van der Waals surface area (Å²) >= 11 is 0. The standard InChI is InChI=1S/C18H15NO2/c20-18(21)16-12-7-13-19(16)17(14-8-3-1-4-9-14)15-10-5-2-6-11-15/h1-13,17H,(H,20,21). The smallest absolute Gasteiger partial charge is 0.352 e. The second kappa shape index (κ2) is 5.67. The van der Waals surface area contributed by atoms with Gasteiger partial charge in [-0.1, -0.05) is 60.7 Å². The maximum Gasteiger partial charge on any atom is 0.352 e. The van der Waals surface area contributed by atoms with Gasteiger partial charge in [0.25, 0.3) is 0 Å². The number of carboxylic acids is 1. The number of carbonyl (C=O) groups is 1. The minimum Gasteiger partial charge on any atom is -0.477 e. The van der Waals surface area contributed by atoms with Gasteiger partial charge in [-0.05, 0) is 23.3 Å². The largest absolute Gasteiger partial charge is 0.477 e. The van der Waals surface area contributed by atoms with Crippen LogP contribution in [0.2, 0.25) is 0 Å². The first-order chi connectivity index (χ1) is 10.3. The van der Waals surface area contributed by atoms with Crippen molar-refractivity contribution >= 4 is 5.97 Å². The second-order valence-electron chi connectivity index (χ2n) is 4.83. The third kappa shape index (κ3) is 2.58. The molecule has 3 rings (SSSR count). The summed E-state index contributed by atoms with van der Waals surface area (Å²) in [6.45, 7) is 0. The summed E-state index contributed by atoms with van der Waals surface area (Å²) < 4.78 is 1.80. The van der Waals surface area contributed by atoms with Gasteiger partial charge in [0.15, 0.2) is 0 Å². The second-order valence-corrected chi connectivity index (χ2v) is 4.83. The molecule has 1 aromatic heterocycles. The van der Waals surface area contributed by atoms with Gasteiger partial charge in [0.05, 0.1) is 6.04 Å². The molecule has 0 atom stereocenters. The molecule has 0 fully saturated rings. The molecule has 0 saturated heterocycles. The lowest BCUT2D eigenvalue weighted by molar-refractivity contribution is 0.0684. The number of hydrogen-bond donors (Lipinski definition) is 1. The number of carboxylic acid groups (broad SMARTS) is 1. The van der Waals surface area contributed by atoms with Crippen molar-refractivity contribution in [1.82, 2.24) is 4.57 Å². The molecule has 0 bridgehead atoms. The van der Waals surface area contributed by atoms with Crippen LogP contribution in [0.15, 0.2) is 79.0 Å². The molecule has 3 nitrogen and oxygen atoms in total. The van der Waals surface area contributed by atoms with Crippen molar-refractivity contribution in [2.45, 2.75) is 6.04 Å². The molecule has 0 amide bonds. The van der Waals surface area contributed by atoms with E-state index in [-0.39, 0.29) is 11.7 Å². The average Bonchev–Trinajstić information content (AvgIpc) is 2.99. The van der Waals surface area contributed by atoms with E-state index in [0.29, 0.717) is 0 Å². The predicted molar refractivity (Wildman–Crippen MR) is 81.5 cm³/mol. The minimum atomic E-state index is -0.920. The van der Waals surface area contributed by atoms with Gasteiger partial charge in [0, 0.05) is 6.20 Å². The first-order valence-corrected chi connectivity index (χ1v) is 6.77. The Morgan fingerprint density at radius 2 is 1.33 bits per heavy atom. The van der Waals surface area contributed by atoms with Crippen LogP contribution in [0.25, 0.3) is 0 Å². The van der Waals surface area contributed by atoms with Gasteiger partial charge in [-0.2, -0.15) is 0 Å². The monoisotopic (exact) mass is 277 g/mol. The van der Waals surface area contributed by atoms with E-state index in [9.17, 15) is 9.90 Å². The third-order valence-corrected chi connectivity index (χ3v) is 3.51. The summed E-state index contributed by atoms with van der Waals surface area (Å²) in [7, 11) is 0. The van der Waals surface area contributed by atoms with Crippen LogP contribution in [0.1, 0.15) is 27.7 Å². The summed E-state index contributed by atoms with van der Waals surface area (Å²) in [5.41, 5.74) is 2.40. The molecule has 0 saturated carbocycles. The van der Waals surface area contributed by atoms with Crippen molar-refractivity contribution < 1.29 is 9.90 Å². The van der Waals surface area contributed by atoms with Gasteiger partial charge in [-0.25, -0.2) is 4.79 Å². The molecule has 0 aliphatic heterocycles. The first kappa shape index (κ1) is 13.2. The van der Waals surface area contributed by atoms with Crippen molar-refractivity contribution in [3.63, 3.8) is 0 Å². The molecule has 3 heteroatoms. The zero-order valence-electron chi connectivity index (χ0n) is 11.4. The summed E-state index contributed by atoms with van der Waals surface area (Å²) in [5.74, 6) is -0.920. The van der Waals surface area contributed by atoms with Gasteiger partial charge in [0.2, 0.25) is 0 Å². The predicted octanol–water partition coefficient (Wildman–Crippen LogP) is 3.82. The topological polar surface area (TPSA) is 42.2 Å². The van der Waals surface area contributed by atoms with E-state index in [1.807, 2.05) is 66.9 Å². The number of aromatic nitrogens is 1. The maximum atomic E-state index is 11.4. The van der Waals surface area contributed by atoms with Crippen molar-refractivity contribution in [3.8, 4) is 0 Å². The first-order valence-electron chi connectivity index (χ1n) is 6.77. The Bertz CT molecular complexity index is 693. The normalized spacial score (nSPS) is 10.7. The maximum absolute atomic E-state index is 11.4. The highest BCUT2D eigenvalue weighted by Gasteiger charge is 2.20. The molecule has 0 spiro atoms. The Balaban J connectivity index is 2.18. The Morgan fingerprint density at radius 3 is 1.81 bits per heavy atom. The molecule has 0 unspecified atom stereocenters. The van der Waals surface area contributed by atoms with E-state index in [1.165, 1.54) is 0 Å². The van der Waals surface area contributed by atoms with Crippen LogP contribution in [0.3, 0.4) is 0 Å². The molecule has 3 aromatic rings. The number of hydrogen-bond acceptors (Lipinski definition) is 1. The molecule has 104 valence electrons. The summed E-state index contributed by atoms with van der Waals surface area (Å²) in [4.78, 5) is 11.4. The Hall–Kier alpha value is -2.81. The van der Waals surface area contributed by atoms with Crippen LogP contribution in [0.4, 0.5) is 0 Å². The number of benzene rings is 2. The van der Waals surface area contributed by atoms with Crippen LogP contribution in [-0.4, -0.2) is 15.6 Å². The van der Waals surface area contributed by atoms with E-state index >= 15 is 0 Å². The molecule has 0 aliphatic rings. The van der Waals surface area contributed by atoms with Gasteiger partial charge in [-0.3, -0.25) is 0 Å². The van der Waals surface area contributed by atoms with Gasteiger partial charge in [-0.15, -0.1) is 0 Å². The molecular formula is C18H15NO2. The zero-order valence-corrected chi connectivity index (χ0v) is 11.4. The highest BCUT2D eigenvalue weighted by molar-refractivity contribution is 5.86. The molecule has 2 aromatic carbocycles. The molecule has 0 radical (unpaired) electrons. The fraction of sp³-hybridized carbons (Fsp3) is 0.0556. The SMILES string of the molecule is O=C(O)c1cccn1C(c1ccccc1)c1ccccc1. The van der Waals surface area contributed by atoms with E-state index in [4.69, 9.17) is 0 Å². The summed E-state index contributed by atoms with van der Waals surface area (Å²) in [6.07, 6.45) is 1.81. The van der Waals surface area contributed by atoms with Gasteiger partial charge < -0.3 is 9.67 Å². The van der Waals surface area contributed by atoms with E-state index in [1.54, 1.807) is 16.7 Å². The fourth-order valence-electron chi connectivity index (χ4n) is 2.58. The van der Waals surface area contributed by atoms with E-state index in [0.717, 1.165) is 11.1 Å². The molecule has 0 aliphatic carbocycles. The lowest BCUT2D eigenvalue weighted by atomic mass is 9.98. The van der Waals surface area contributed by atoms with E-state index < -0.39 is 5.97 Å². The van der Waals surface area contributed by atoms with Crippen LogP contribution in [0.5, 0.6) is 0 Å². The third-order valence-electron chi connectivity index (χ3n) is 3.51. The van der Waals surface area contributed by atoms with Crippen molar-refractivity contribution in [1.29, 1.82) is 0 Å². The van der Waals surface area contributed by atoms with Crippen LogP contribution < -0.4 is 0 Å². The Morgan fingerprint density at radius 1 is 0.810 bits per heavy atom. The average molecular weight is 277 g/mol. The Labute approximate surface area is 123 Å². The van der Waals surface area contributed by atoms with Crippen molar-refractivity contribution in [3.05, 3.63) is 95.8 Å². The van der Waals surface area contributed by atoms with Gasteiger partial charge in [0.1, 0.15) is 5.69 Å². The lowest BCUT2D eigenvalue weighted by Gasteiger charge is -2.21. The van der Waals surface area contributed by atoms with Crippen LogP contribution in [-0.2, 0) is 0 Å². The van der Waals surface area contributed by atoms with E-state index in [2.05, 4.69) is 0 Å². The van der Waals surface area contributed by atoms with Gasteiger partial charge >= 0.3 is 5.97 Å². The quantitative estimate of drug-likeness (QED) is 0.787. The summed E-state index contributed by atoms with van der Waals surface area (Å²) in [5, 5.41) is 9.38. The van der Waals surface area contributed by atoms with Crippen LogP contribution in [0, 0.1) is 0 Å². The number of aromatic carboxylic acids is 1. The zero-order chi connectivity index (χ0) is 14.7. The minimum absolute atomic E-state index is 0.145. The lowest BCUT2D eigenvalue weighted by Crippen LogP contribution is -2.16. The molecular weight excluding hydrogens is 262 g/mol. The fourth-order valence-corrected chi connectivity index (χ4v) is 2.58. The van der Waals surface area contributed by atoms with Crippen molar-refractivity contribution in [2.75, 3.05) is 0 Å². The summed E-state index contributed by atoms with van der Waals surface area (Å²) in [6, 6.07) is 23.1. The Kier molecular flexibility index (Phi) is 3.56. The number of nitrogens with zero attached hydrogens (tertiary/aromatic N) is 1. The molecule has 1 N–H and O–H groups in total. The highest BCUT2D eigenvalue weighted by Crippen LogP contribution is 2.28. The highest BCUT2D eigenvalue weighted by atomic mass is 16.4. The van der Waals surface area contributed by atoms with Crippen LogP contribution >= 0.6 is 0 Å². The van der Waals surface area contributed by atoms with Crippen molar-refractivity contribution in [2.24, 2.45) is 0 Å². The molecule has 21 heavy (non-hydrogen) atoms. The molecule has 1 heterocycles. The number of rotatable bonds is 4.